The van der Waals surface area contributed by atoms with Gasteiger partial charge in [0.2, 0.25) is 21.8 Å². The van der Waals surface area contributed by atoms with Gasteiger partial charge in [0.15, 0.2) is 0 Å². The molecule has 0 bridgehead atoms. The molecule has 202 valence electrons. The molecular weight excluding hydrogens is 518 g/mol. The number of benzene rings is 2. The van der Waals surface area contributed by atoms with E-state index in [0.29, 0.717) is 10.8 Å². The summed E-state index contributed by atoms with van der Waals surface area (Å²) in [5.74, 6) is -0.159. The van der Waals surface area contributed by atoms with E-state index < -0.39 is 28.5 Å². The van der Waals surface area contributed by atoms with Gasteiger partial charge in [-0.15, -0.1) is 0 Å². The number of sulfonamides is 1. The van der Waals surface area contributed by atoms with Crippen molar-refractivity contribution in [2.75, 3.05) is 31.3 Å². The van der Waals surface area contributed by atoms with Crippen molar-refractivity contribution in [2.24, 2.45) is 0 Å². The first-order valence-corrected chi connectivity index (χ1v) is 14.3. The van der Waals surface area contributed by atoms with E-state index in [2.05, 4.69) is 5.32 Å². The van der Waals surface area contributed by atoms with E-state index in [0.717, 1.165) is 41.8 Å². The summed E-state index contributed by atoms with van der Waals surface area (Å²) in [6.45, 7) is 1.22. The van der Waals surface area contributed by atoms with Crippen molar-refractivity contribution in [1.29, 1.82) is 0 Å². The standard InChI is InChI=1S/C26H34ClN3O6S/c1-18(26(32)28-21-7-5-6-8-21)29(16-19-9-11-20(27)12-10-19)25(31)17-30(37(4,33)34)23-15-22(35-2)13-14-24(23)36-3/h9-15,18,21H,5-8,16-17H2,1-4H3,(H,28,32)/t18-/m0/s1. The third kappa shape index (κ3) is 7.52. The molecule has 1 saturated carbocycles. The van der Waals surface area contributed by atoms with Crippen molar-refractivity contribution < 1.29 is 27.5 Å². The number of nitrogens with zero attached hydrogens (tertiary/aromatic N) is 2. The SMILES string of the molecule is COc1ccc(OC)c(N(CC(=O)N(Cc2ccc(Cl)cc2)[C@@H](C)C(=O)NC2CCCC2)S(C)(=O)=O)c1. The lowest BCUT2D eigenvalue weighted by Crippen LogP contribution is -2.52. The third-order valence-electron chi connectivity index (χ3n) is 6.47. The van der Waals surface area contributed by atoms with Gasteiger partial charge in [-0.2, -0.15) is 0 Å². The highest BCUT2D eigenvalue weighted by atomic mass is 35.5. The third-order valence-corrected chi connectivity index (χ3v) is 7.85. The van der Waals surface area contributed by atoms with Crippen LogP contribution < -0.4 is 19.1 Å². The van der Waals surface area contributed by atoms with Crippen LogP contribution in [-0.2, 0) is 26.2 Å². The summed E-state index contributed by atoms with van der Waals surface area (Å²) in [6, 6.07) is 10.9. The van der Waals surface area contributed by atoms with Gasteiger partial charge in [-0.25, -0.2) is 8.42 Å². The second-order valence-corrected chi connectivity index (χ2v) is 11.5. The second-order valence-electron chi connectivity index (χ2n) is 9.12. The normalized spacial score (nSPS) is 14.6. The number of anilines is 1. The fraction of sp³-hybridized carbons (Fsp3) is 0.462. The van der Waals surface area contributed by atoms with Crippen LogP contribution in [0.1, 0.15) is 38.2 Å². The Morgan fingerprint density at radius 3 is 2.30 bits per heavy atom. The number of methoxy groups -OCH3 is 2. The maximum Gasteiger partial charge on any atom is 0.244 e. The van der Waals surface area contributed by atoms with Crippen molar-refractivity contribution in [3.63, 3.8) is 0 Å². The zero-order chi connectivity index (χ0) is 27.2. The van der Waals surface area contributed by atoms with Gasteiger partial charge in [0.25, 0.3) is 0 Å². The molecule has 0 heterocycles. The molecule has 11 heteroatoms. The van der Waals surface area contributed by atoms with Crippen LogP contribution >= 0.6 is 11.6 Å². The monoisotopic (exact) mass is 551 g/mol. The van der Waals surface area contributed by atoms with E-state index in [1.807, 2.05) is 0 Å². The van der Waals surface area contributed by atoms with Crippen LogP contribution in [0.4, 0.5) is 5.69 Å². The maximum atomic E-state index is 13.7. The van der Waals surface area contributed by atoms with E-state index in [1.54, 1.807) is 43.3 Å². The van der Waals surface area contributed by atoms with Crippen molar-refractivity contribution in [1.82, 2.24) is 10.2 Å². The van der Waals surface area contributed by atoms with E-state index in [-0.39, 0.29) is 29.9 Å². The number of hydrogen-bond donors (Lipinski definition) is 1. The topological polar surface area (TPSA) is 105 Å². The van der Waals surface area contributed by atoms with E-state index in [9.17, 15) is 18.0 Å². The summed E-state index contributed by atoms with van der Waals surface area (Å²) >= 11 is 6.02. The molecule has 0 radical (unpaired) electrons. The number of ether oxygens (including phenoxy) is 2. The van der Waals surface area contributed by atoms with Crippen LogP contribution in [-0.4, -0.2) is 64.2 Å². The first-order valence-electron chi connectivity index (χ1n) is 12.1. The van der Waals surface area contributed by atoms with Gasteiger partial charge in [0.1, 0.15) is 24.1 Å². The van der Waals surface area contributed by atoms with Gasteiger partial charge in [-0.05, 0) is 49.6 Å². The number of carbonyl (C=O) groups is 2. The Morgan fingerprint density at radius 1 is 1.08 bits per heavy atom. The van der Waals surface area contributed by atoms with Crippen LogP contribution in [0.3, 0.4) is 0 Å². The smallest absolute Gasteiger partial charge is 0.244 e. The van der Waals surface area contributed by atoms with Gasteiger partial charge in [0.05, 0.1) is 26.2 Å². The summed E-state index contributed by atoms with van der Waals surface area (Å²) in [6.07, 6.45) is 4.93. The average Bonchev–Trinajstić information content (AvgIpc) is 3.38. The molecule has 9 nitrogen and oxygen atoms in total. The molecule has 0 unspecified atom stereocenters. The molecule has 0 saturated heterocycles. The highest BCUT2D eigenvalue weighted by Gasteiger charge is 2.32. The fourth-order valence-electron chi connectivity index (χ4n) is 4.35. The lowest BCUT2D eigenvalue weighted by Gasteiger charge is -2.32. The van der Waals surface area contributed by atoms with Crippen LogP contribution in [0.15, 0.2) is 42.5 Å². The van der Waals surface area contributed by atoms with Gasteiger partial charge in [-0.1, -0.05) is 36.6 Å². The largest absolute Gasteiger partial charge is 0.497 e. The minimum atomic E-state index is -3.91. The summed E-state index contributed by atoms with van der Waals surface area (Å²) in [7, 11) is -1.04. The lowest BCUT2D eigenvalue weighted by molar-refractivity contribution is -0.139. The average molecular weight is 552 g/mol. The van der Waals surface area contributed by atoms with Gasteiger partial charge >= 0.3 is 0 Å². The Morgan fingerprint density at radius 2 is 1.73 bits per heavy atom. The highest BCUT2D eigenvalue weighted by molar-refractivity contribution is 7.92. The van der Waals surface area contributed by atoms with E-state index >= 15 is 0 Å². The zero-order valence-electron chi connectivity index (χ0n) is 21.6. The zero-order valence-corrected chi connectivity index (χ0v) is 23.1. The summed E-state index contributed by atoms with van der Waals surface area (Å²) in [5, 5.41) is 3.58. The van der Waals surface area contributed by atoms with Crippen molar-refractivity contribution in [2.45, 2.75) is 51.2 Å². The van der Waals surface area contributed by atoms with Crippen molar-refractivity contribution in [3.05, 3.63) is 53.1 Å². The number of carbonyl (C=O) groups excluding carboxylic acids is 2. The molecule has 37 heavy (non-hydrogen) atoms. The second kappa shape index (κ2) is 12.5. The highest BCUT2D eigenvalue weighted by Crippen LogP contribution is 2.34. The molecule has 1 atom stereocenters. The van der Waals surface area contributed by atoms with Gasteiger partial charge < -0.3 is 19.7 Å². The first-order chi connectivity index (χ1) is 17.5. The minimum absolute atomic E-state index is 0.0796. The number of nitrogens with one attached hydrogen (secondary N) is 1. The number of rotatable bonds is 11. The Bertz CT molecular complexity index is 1200. The Kier molecular flexibility index (Phi) is 9.67. The molecule has 2 aromatic rings. The first kappa shape index (κ1) is 28.6. The number of hydrogen-bond acceptors (Lipinski definition) is 6. The van der Waals surface area contributed by atoms with Crippen LogP contribution in [0.25, 0.3) is 0 Å². The predicted molar refractivity (Wildman–Crippen MR) is 144 cm³/mol. The summed E-state index contributed by atoms with van der Waals surface area (Å²) in [5.41, 5.74) is 0.912. The number of halogens is 1. The molecule has 1 aliphatic rings. The van der Waals surface area contributed by atoms with Gasteiger partial charge in [-0.3, -0.25) is 13.9 Å². The molecule has 0 aliphatic heterocycles. The van der Waals surface area contributed by atoms with E-state index in [1.165, 1.54) is 25.2 Å². The van der Waals surface area contributed by atoms with Crippen LogP contribution in [0, 0.1) is 0 Å². The molecular formula is C26H34ClN3O6S. The van der Waals surface area contributed by atoms with Gasteiger partial charge in [0, 0.05) is 23.7 Å². The lowest BCUT2D eigenvalue weighted by atomic mass is 10.1. The van der Waals surface area contributed by atoms with Crippen molar-refractivity contribution >= 4 is 39.1 Å². The molecule has 2 aromatic carbocycles. The summed E-state index contributed by atoms with van der Waals surface area (Å²) in [4.78, 5) is 28.2. The minimum Gasteiger partial charge on any atom is -0.497 e. The molecule has 0 spiro atoms. The number of amides is 2. The quantitative estimate of drug-likeness (QED) is 0.457. The Labute approximate surface area is 223 Å². The molecule has 2 amide bonds. The molecule has 1 N–H and O–H groups in total. The van der Waals surface area contributed by atoms with Crippen LogP contribution in [0.2, 0.25) is 5.02 Å². The maximum absolute atomic E-state index is 13.7. The Hall–Kier alpha value is -2.98. The van der Waals surface area contributed by atoms with Crippen LogP contribution in [0.5, 0.6) is 11.5 Å². The fourth-order valence-corrected chi connectivity index (χ4v) is 5.32. The summed E-state index contributed by atoms with van der Waals surface area (Å²) < 4.78 is 37.3. The van der Waals surface area contributed by atoms with E-state index in [4.69, 9.17) is 21.1 Å². The molecule has 0 aromatic heterocycles. The predicted octanol–water partition coefficient (Wildman–Crippen LogP) is 3.60. The molecule has 1 aliphatic carbocycles. The Balaban J connectivity index is 1.93. The van der Waals surface area contributed by atoms with Crippen molar-refractivity contribution in [3.8, 4) is 11.5 Å². The molecule has 1 fully saturated rings. The molecule has 3 rings (SSSR count).